The summed E-state index contributed by atoms with van der Waals surface area (Å²) in [6.45, 7) is 5.50. The number of benzene rings is 2. The molecule has 0 heterocycles. The Balaban J connectivity index is 2.09. The highest BCUT2D eigenvalue weighted by Crippen LogP contribution is 2.45. The smallest absolute Gasteiger partial charge is 0.497 e. The molecule has 2 aromatic carbocycles. The van der Waals surface area contributed by atoms with Crippen LogP contribution in [0.4, 0.5) is 0 Å². The first kappa shape index (κ1) is 19.5. The summed E-state index contributed by atoms with van der Waals surface area (Å²) in [6, 6.07) is 12.0. The largest absolute Gasteiger partial charge is 0.527 e. The Hall–Kier alpha value is -1.81. The standard InChI is InChI=1S/C19H25O5P/c1-5-23-25(20,21)24-19-14(2)12-17(13-15(19)3)7-6-16-8-10-18(22-4)11-9-16/h8-13H,5-7H2,1-4H3,(H,20,21). The molecule has 136 valence electrons. The molecule has 1 N–H and O–H groups in total. The highest BCUT2D eigenvalue weighted by molar-refractivity contribution is 7.47. The summed E-state index contributed by atoms with van der Waals surface area (Å²) >= 11 is 0. The molecule has 0 fully saturated rings. The first-order valence-electron chi connectivity index (χ1n) is 8.24. The summed E-state index contributed by atoms with van der Waals surface area (Å²) in [5.74, 6) is 1.26. The first-order valence-corrected chi connectivity index (χ1v) is 9.74. The molecule has 2 rings (SSSR count). The summed E-state index contributed by atoms with van der Waals surface area (Å²) in [7, 11) is -2.41. The molecule has 1 unspecified atom stereocenters. The summed E-state index contributed by atoms with van der Waals surface area (Å²) in [5.41, 5.74) is 4.02. The third-order valence-electron chi connectivity index (χ3n) is 3.88. The molecule has 1 atom stereocenters. The fourth-order valence-electron chi connectivity index (χ4n) is 2.71. The van der Waals surface area contributed by atoms with Crippen LogP contribution >= 0.6 is 7.82 Å². The summed E-state index contributed by atoms with van der Waals surface area (Å²) in [5, 5.41) is 0. The van der Waals surface area contributed by atoms with Crippen molar-refractivity contribution in [1.29, 1.82) is 0 Å². The number of hydrogen-bond acceptors (Lipinski definition) is 4. The maximum atomic E-state index is 11.8. The predicted molar refractivity (Wildman–Crippen MR) is 98.4 cm³/mol. The van der Waals surface area contributed by atoms with Gasteiger partial charge in [-0.25, -0.2) is 4.57 Å². The predicted octanol–water partition coefficient (Wildman–Crippen LogP) is 4.61. The van der Waals surface area contributed by atoms with Gasteiger partial charge in [-0.1, -0.05) is 24.3 Å². The zero-order chi connectivity index (χ0) is 18.4. The lowest BCUT2D eigenvalue weighted by Gasteiger charge is -2.17. The molecule has 0 amide bonds. The second kappa shape index (κ2) is 8.52. The fraction of sp³-hybridized carbons (Fsp3) is 0.368. The Labute approximate surface area is 149 Å². The van der Waals surface area contributed by atoms with Gasteiger partial charge >= 0.3 is 7.82 Å². The van der Waals surface area contributed by atoms with E-state index in [-0.39, 0.29) is 6.61 Å². The van der Waals surface area contributed by atoms with Gasteiger partial charge in [0.2, 0.25) is 0 Å². The zero-order valence-corrected chi connectivity index (χ0v) is 16.0. The van der Waals surface area contributed by atoms with Gasteiger partial charge in [0.05, 0.1) is 13.7 Å². The SMILES string of the molecule is CCOP(=O)(O)Oc1c(C)cc(CCc2ccc(OC)cc2)cc1C. The summed E-state index contributed by atoms with van der Waals surface area (Å²) < 4.78 is 27.0. The molecule has 0 spiro atoms. The lowest BCUT2D eigenvalue weighted by atomic mass is 10.00. The van der Waals surface area contributed by atoms with Crippen LogP contribution in [0.15, 0.2) is 36.4 Å². The van der Waals surface area contributed by atoms with Crippen molar-refractivity contribution in [2.75, 3.05) is 13.7 Å². The lowest BCUT2D eigenvalue weighted by Crippen LogP contribution is -2.01. The van der Waals surface area contributed by atoms with Gasteiger partial charge in [-0.2, -0.15) is 0 Å². The van der Waals surface area contributed by atoms with Gasteiger partial charge in [0.25, 0.3) is 0 Å². The zero-order valence-electron chi connectivity index (χ0n) is 15.1. The van der Waals surface area contributed by atoms with Gasteiger partial charge in [-0.15, -0.1) is 0 Å². The maximum absolute atomic E-state index is 11.8. The van der Waals surface area contributed by atoms with E-state index >= 15 is 0 Å². The van der Waals surface area contributed by atoms with E-state index in [2.05, 4.69) is 12.1 Å². The van der Waals surface area contributed by atoms with Crippen molar-refractivity contribution in [2.24, 2.45) is 0 Å². The number of phosphoric acid groups is 1. The maximum Gasteiger partial charge on any atom is 0.527 e. The Bertz CT molecular complexity index is 732. The van der Waals surface area contributed by atoms with E-state index in [1.54, 1.807) is 14.0 Å². The summed E-state index contributed by atoms with van der Waals surface area (Å²) in [4.78, 5) is 9.68. The van der Waals surface area contributed by atoms with Crippen molar-refractivity contribution in [1.82, 2.24) is 0 Å². The molecular formula is C19H25O5P. The summed E-state index contributed by atoms with van der Waals surface area (Å²) in [6.07, 6.45) is 1.77. The molecule has 0 radical (unpaired) electrons. The minimum absolute atomic E-state index is 0.117. The molecule has 2 aromatic rings. The van der Waals surface area contributed by atoms with Crippen LogP contribution in [-0.4, -0.2) is 18.6 Å². The first-order chi connectivity index (χ1) is 11.8. The van der Waals surface area contributed by atoms with Crippen molar-refractivity contribution < 1.29 is 23.2 Å². The van der Waals surface area contributed by atoms with Crippen LogP contribution in [0.3, 0.4) is 0 Å². The highest BCUT2D eigenvalue weighted by Gasteiger charge is 2.24. The fourth-order valence-corrected chi connectivity index (χ4v) is 3.61. The Morgan fingerprint density at radius 1 is 1.00 bits per heavy atom. The van der Waals surface area contributed by atoms with Crippen molar-refractivity contribution in [2.45, 2.75) is 33.6 Å². The molecular weight excluding hydrogens is 339 g/mol. The minimum atomic E-state index is -4.07. The van der Waals surface area contributed by atoms with Crippen molar-refractivity contribution in [3.8, 4) is 11.5 Å². The molecule has 0 aromatic heterocycles. The van der Waals surface area contributed by atoms with Crippen molar-refractivity contribution in [3.05, 3.63) is 58.7 Å². The molecule has 0 saturated heterocycles. The van der Waals surface area contributed by atoms with E-state index in [9.17, 15) is 9.46 Å². The van der Waals surface area contributed by atoms with Crippen LogP contribution in [0.1, 0.15) is 29.2 Å². The van der Waals surface area contributed by atoms with E-state index in [1.807, 2.05) is 38.1 Å². The monoisotopic (exact) mass is 364 g/mol. The molecule has 0 saturated carbocycles. The number of aryl methyl sites for hydroxylation is 4. The second-order valence-corrected chi connectivity index (χ2v) is 7.26. The third kappa shape index (κ3) is 5.60. The van der Waals surface area contributed by atoms with E-state index < -0.39 is 7.82 Å². The Morgan fingerprint density at radius 2 is 1.56 bits per heavy atom. The van der Waals surface area contributed by atoms with E-state index in [0.717, 1.165) is 35.3 Å². The third-order valence-corrected chi connectivity index (χ3v) is 4.88. The van der Waals surface area contributed by atoms with Gasteiger partial charge in [0.15, 0.2) is 0 Å². The molecule has 0 aliphatic heterocycles. The van der Waals surface area contributed by atoms with Crippen LogP contribution < -0.4 is 9.26 Å². The normalized spacial score (nSPS) is 13.3. The van der Waals surface area contributed by atoms with Crippen molar-refractivity contribution >= 4 is 7.82 Å². The van der Waals surface area contributed by atoms with E-state index in [0.29, 0.717) is 5.75 Å². The van der Waals surface area contributed by atoms with Gasteiger partial charge in [-0.3, -0.25) is 9.42 Å². The van der Waals surface area contributed by atoms with Gasteiger partial charge in [-0.05, 0) is 68.0 Å². The minimum Gasteiger partial charge on any atom is -0.497 e. The number of rotatable bonds is 8. The van der Waals surface area contributed by atoms with Gasteiger partial charge < -0.3 is 9.26 Å². The Morgan fingerprint density at radius 3 is 2.08 bits per heavy atom. The van der Waals surface area contributed by atoms with Crippen LogP contribution in [0.25, 0.3) is 0 Å². The lowest BCUT2D eigenvalue weighted by molar-refractivity contribution is 0.212. The Kier molecular flexibility index (Phi) is 6.65. The average molecular weight is 364 g/mol. The molecule has 5 nitrogen and oxygen atoms in total. The topological polar surface area (TPSA) is 65.0 Å². The van der Waals surface area contributed by atoms with Crippen LogP contribution in [-0.2, 0) is 21.9 Å². The van der Waals surface area contributed by atoms with Gasteiger partial charge in [0.1, 0.15) is 11.5 Å². The highest BCUT2D eigenvalue weighted by atomic mass is 31.2. The van der Waals surface area contributed by atoms with Gasteiger partial charge in [0, 0.05) is 0 Å². The molecule has 6 heteroatoms. The van der Waals surface area contributed by atoms with E-state index in [1.165, 1.54) is 5.56 Å². The number of ether oxygens (including phenoxy) is 1. The van der Waals surface area contributed by atoms with E-state index in [4.69, 9.17) is 13.8 Å². The molecule has 0 bridgehead atoms. The van der Waals surface area contributed by atoms with Crippen molar-refractivity contribution in [3.63, 3.8) is 0 Å². The number of hydrogen-bond donors (Lipinski definition) is 1. The van der Waals surface area contributed by atoms with Crippen LogP contribution in [0.5, 0.6) is 11.5 Å². The molecule has 25 heavy (non-hydrogen) atoms. The molecule has 0 aliphatic carbocycles. The number of methoxy groups -OCH3 is 1. The van der Waals surface area contributed by atoms with Crippen LogP contribution in [0, 0.1) is 13.8 Å². The molecule has 0 aliphatic rings. The average Bonchev–Trinajstić information content (AvgIpc) is 2.57. The van der Waals surface area contributed by atoms with Crippen LogP contribution in [0.2, 0.25) is 0 Å². The number of phosphoric ester groups is 1. The second-order valence-electron chi connectivity index (χ2n) is 5.88. The quantitative estimate of drug-likeness (QED) is 0.693.